The summed E-state index contributed by atoms with van der Waals surface area (Å²) in [6.45, 7) is 4.45. The van der Waals surface area contributed by atoms with Crippen molar-refractivity contribution in [2.75, 3.05) is 33.9 Å². The third-order valence-corrected chi connectivity index (χ3v) is 5.10. The second kappa shape index (κ2) is 12.2. The van der Waals surface area contributed by atoms with Gasteiger partial charge in [-0.1, -0.05) is 37.3 Å². The minimum absolute atomic E-state index is 0.0280. The summed E-state index contributed by atoms with van der Waals surface area (Å²) in [7, 11) is 0. The van der Waals surface area contributed by atoms with E-state index in [1.807, 2.05) is 50.2 Å². The minimum atomic E-state index is -0.242. The number of benzene rings is 3. The molecule has 7 nitrogen and oxygen atoms in total. The molecule has 7 heteroatoms. The van der Waals surface area contributed by atoms with Crippen LogP contribution in [-0.4, -0.2) is 30.8 Å². The van der Waals surface area contributed by atoms with Gasteiger partial charge in [-0.25, -0.2) is 0 Å². The largest absolute Gasteiger partial charge is 0.376 e. The Morgan fingerprint density at radius 3 is 2.06 bits per heavy atom. The molecule has 3 aromatic carbocycles. The van der Waals surface area contributed by atoms with Crippen molar-refractivity contribution in [1.82, 2.24) is 0 Å². The van der Waals surface area contributed by atoms with Crippen LogP contribution in [0.2, 0.25) is 0 Å². The van der Waals surface area contributed by atoms with E-state index in [2.05, 4.69) is 16.0 Å². The van der Waals surface area contributed by atoms with Crippen molar-refractivity contribution in [3.05, 3.63) is 84.4 Å². The minimum Gasteiger partial charge on any atom is -0.376 e. The van der Waals surface area contributed by atoms with Gasteiger partial charge >= 0.3 is 0 Å². The van der Waals surface area contributed by atoms with E-state index < -0.39 is 0 Å². The van der Waals surface area contributed by atoms with Gasteiger partial charge in [0.05, 0.1) is 6.54 Å². The molecule has 0 aliphatic rings. The number of hydrogen-bond acceptors (Lipinski definition) is 4. The molecule has 0 unspecified atom stereocenters. The maximum atomic E-state index is 13.0. The number of para-hydroxylation sites is 1. The number of nitrogens with one attached hydrogen (secondary N) is 3. The Kier molecular flexibility index (Phi) is 8.80. The van der Waals surface area contributed by atoms with Gasteiger partial charge in [0.1, 0.15) is 0 Å². The predicted molar refractivity (Wildman–Crippen MR) is 137 cm³/mol. The molecule has 0 saturated carbocycles. The number of carbonyl (C=O) groups excluding carboxylic acids is 3. The van der Waals surface area contributed by atoms with E-state index >= 15 is 0 Å². The molecule has 0 aromatic heterocycles. The van der Waals surface area contributed by atoms with Crippen LogP contribution in [0, 0.1) is 0 Å². The van der Waals surface area contributed by atoms with E-state index in [4.69, 9.17) is 0 Å². The first-order valence-electron chi connectivity index (χ1n) is 11.4. The molecule has 3 N–H and O–H groups in total. The van der Waals surface area contributed by atoms with Crippen LogP contribution in [0.3, 0.4) is 0 Å². The van der Waals surface area contributed by atoms with E-state index in [9.17, 15) is 14.4 Å². The number of hydrogen-bond donors (Lipinski definition) is 3. The standard InChI is InChI=1S/C27H30N4O3/c1-3-10-25(32)29-22-13-9-14-23(18-22)30-26(33)19-28-21-12-8-11-20(17-21)27(34)31(4-2)24-15-6-5-7-16-24/h5-9,11-18,28H,3-4,10,19H2,1-2H3,(H,29,32)(H,30,33). The lowest BCUT2D eigenvalue weighted by Crippen LogP contribution is -2.30. The fourth-order valence-corrected chi connectivity index (χ4v) is 3.48. The van der Waals surface area contributed by atoms with Gasteiger partial charge in [0.25, 0.3) is 5.91 Å². The average molecular weight is 459 g/mol. The van der Waals surface area contributed by atoms with E-state index in [-0.39, 0.29) is 24.3 Å². The van der Waals surface area contributed by atoms with Gasteiger partial charge in [-0.2, -0.15) is 0 Å². The van der Waals surface area contributed by atoms with Crippen LogP contribution in [0.4, 0.5) is 22.7 Å². The van der Waals surface area contributed by atoms with Gasteiger partial charge in [0, 0.05) is 41.3 Å². The van der Waals surface area contributed by atoms with Crippen molar-refractivity contribution in [2.45, 2.75) is 26.7 Å². The van der Waals surface area contributed by atoms with Crippen LogP contribution >= 0.6 is 0 Å². The zero-order valence-corrected chi connectivity index (χ0v) is 19.5. The fourth-order valence-electron chi connectivity index (χ4n) is 3.48. The first kappa shape index (κ1) is 24.5. The van der Waals surface area contributed by atoms with Gasteiger partial charge in [-0.15, -0.1) is 0 Å². The van der Waals surface area contributed by atoms with Crippen molar-refractivity contribution in [3.63, 3.8) is 0 Å². The normalized spacial score (nSPS) is 10.3. The van der Waals surface area contributed by atoms with Gasteiger partial charge in [-0.3, -0.25) is 14.4 Å². The molecule has 0 radical (unpaired) electrons. The van der Waals surface area contributed by atoms with Crippen molar-refractivity contribution in [3.8, 4) is 0 Å². The molecule has 3 rings (SSSR count). The van der Waals surface area contributed by atoms with Gasteiger partial charge in [-0.05, 0) is 61.9 Å². The Bertz CT molecular complexity index is 1130. The van der Waals surface area contributed by atoms with Crippen LogP contribution in [-0.2, 0) is 9.59 Å². The van der Waals surface area contributed by atoms with E-state index in [1.54, 1.807) is 47.4 Å². The highest BCUT2D eigenvalue weighted by atomic mass is 16.2. The highest BCUT2D eigenvalue weighted by Gasteiger charge is 2.16. The van der Waals surface area contributed by atoms with Crippen LogP contribution in [0.25, 0.3) is 0 Å². The molecule has 3 aromatic rings. The van der Waals surface area contributed by atoms with Gasteiger partial charge in [0.2, 0.25) is 11.8 Å². The second-order valence-corrected chi connectivity index (χ2v) is 7.75. The molecule has 0 bridgehead atoms. The average Bonchev–Trinajstić information content (AvgIpc) is 2.84. The third-order valence-electron chi connectivity index (χ3n) is 5.10. The Morgan fingerprint density at radius 2 is 1.38 bits per heavy atom. The van der Waals surface area contributed by atoms with Crippen molar-refractivity contribution >= 4 is 40.5 Å². The molecule has 34 heavy (non-hydrogen) atoms. The summed E-state index contributed by atoms with van der Waals surface area (Å²) < 4.78 is 0. The predicted octanol–water partition coefficient (Wildman–Crippen LogP) is 5.14. The maximum absolute atomic E-state index is 13.0. The summed E-state index contributed by atoms with van der Waals surface area (Å²) in [5, 5.41) is 8.70. The molecule has 176 valence electrons. The molecule has 0 aliphatic carbocycles. The van der Waals surface area contributed by atoms with E-state index in [0.29, 0.717) is 35.6 Å². The zero-order valence-electron chi connectivity index (χ0n) is 19.5. The lowest BCUT2D eigenvalue weighted by atomic mass is 10.1. The number of rotatable bonds is 10. The van der Waals surface area contributed by atoms with Crippen molar-refractivity contribution < 1.29 is 14.4 Å². The summed E-state index contributed by atoms with van der Waals surface area (Å²) in [5.41, 5.74) is 3.26. The van der Waals surface area contributed by atoms with Gasteiger partial charge < -0.3 is 20.9 Å². The first-order valence-corrected chi connectivity index (χ1v) is 11.4. The molecule has 0 heterocycles. The molecule has 0 fully saturated rings. The second-order valence-electron chi connectivity index (χ2n) is 7.75. The van der Waals surface area contributed by atoms with Crippen LogP contribution < -0.4 is 20.9 Å². The Morgan fingerprint density at radius 1 is 0.735 bits per heavy atom. The number of amides is 3. The number of nitrogens with zero attached hydrogens (tertiary/aromatic N) is 1. The number of carbonyl (C=O) groups is 3. The zero-order chi connectivity index (χ0) is 24.3. The summed E-state index contributed by atoms with van der Waals surface area (Å²) in [6, 6.07) is 23.6. The quantitative estimate of drug-likeness (QED) is 0.392. The Labute approximate surface area is 200 Å². The molecule has 0 saturated heterocycles. The van der Waals surface area contributed by atoms with Crippen LogP contribution in [0.5, 0.6) is 0 Å². The smallest absolute Gasteiger partial charge is 0.258 e. The summed E-state index contributed by atoms with van der Waals surface area (Å²) >= 11 is 0. The molecule has 0 spiro atoms. The number of anilines is 4. The van der Waals surface area contributed by atoms with Gasteiger partial charge in [0.15, 0.2) is 0 Å². The Hall–Kier alpha value is -4.13. The maximum Gasteiger partial charge on any atom is 0.258 e. The monoisotopic (exact) mass is 458 g/mol. The lowest BCUT2D eigenvalue weighted by molar-refractivity contribution is -0.116. The first-order chi connectivity index (χ1) is 16.5. The van der Waals surface area contributed by atoms with Crippen molar-refractivity contribution in [2.24, 2.45) is 0 Å². The highest BCUT2D eigenvalue weighted by molar-refractivity contribution is 6.06. The lowest BCUT2D eigenvalue weighted by Gasteiger charge is -2.21. The fraction of sp³-hybridized carbons (Fsp3) is 0.222. The van der Waals surface area contributed by atoms with E-state index in [0.717, 1.165) is 12.1 Å². The summed E-state index contributed by atoms with van der Waals surface area (Å²) in [4.78, 5) is 39.0. The molecular weight excluding hydrogens is 428 g/mol. The molecular formula is C27H30N4O3. The molecule has 3 amide bonds. The van der Waals surface area contributed by atoms with Crippen LogP contribution in [0.1, 0.15) is 37.0 Å². The molecule has 0 atom stereocenters. The third kappa shape index (κ3) is 6.93. The highest BCUT2D eigenvalue weighted by Crippen LogP contribution is 2.19. The SMILES string of the molecule is CCCC(=O)Nc1cccc(NC(=O)CNc2cccc(C(=O)N(CC)c3ccccc3)c2)c1. The van der Waals surface area contributed by atoms with Crippen molar-refractivity contribution in [1.29, 1.82) is 0 Å². The molecule has 0 aliphatic heterocycles. The van der Waals surface area contributed by atoms with Crippen LogP contribution in [0.15, 0.2) is 78.9 Å². The summed E-state index contributed by atoms with van der Waals surface area (Å²) in [5.74, 6) is -0.409. The summed E-state index contributed by atoms with van der Waals surface area (Å²) in [6.07, 6.45) is 1.22. The topological polar surface area (TPSA) is 90.5 Å². The van der Waals surface area contributed by atoms with E-state index in [1.165, 1.54) is 0 Å². The Balaban J connectivity index is 1.59.